The Balaban J connectivity index is 1.47. The second-order valence-electron chi connectivity index (χ2n) is 10.3. The molecule has 1 saturated heterocycles. The minimum Gasteiger partial charge on any atom is -0.493 e. The summed E-state index contributed by atoms with van der Waals surface area (Å²) in [6.07, 6.45) is 1.31. The van der Waals surface area contributed by atoms with Crippen molar-refractivity contribution in [1.82, 2.24) is 4.90 Å². The molecule has 192 valence electrons. The number of benzene rings is 3. The minimum absolute atomic E-state index is 0.165. The highest BCUT2D eigenvalue weighted by atomic mass is 16.5. The number of nitrogens with one attached hydrogen (secondary N) is 2. The SMILES string of the molecule is COc1cc2c(cc1OC)/C(=C(/Nc1ccc(CN3CC(C)CC(C)C3)cc1)c1ccccc1)C(=O)N2. The first kappa shape index (κ1) is 24.9. The Kier molecular flexibility index (Phi) is 7.19. The number of likely N-dealkylation sites (tertiary alicyclic amines) is 1. The van der Waals surface area contributed by atoms with Gasteiger partial charge in [-0.15, -0.1) is 0 Å². The second kappa shape index (κ2) is 10.7. The summed E-state index contributed by atoms with van der Waals surface area (Å²) in [6, 6.07) is 22.1. The highest BCUT2D eigenvalue weighted by Gasteiger charge is 2.30. The summed E-state index contributed by atoms with van der Waals surface area (Å²) in [6.45, 7) is 7.95. The van der Waals surface area contributed by atoms with Crippen LogP contribution in [0.25, 0.3) is 11.3 Å². The van der Waals surface area contributed by atoms with E-state index in [1.165, 1.54) is 12.0 Å². The van der Waals surface area contributed by atoms with Gasteiger partial charge in [0.2, 0.25) is 0 Å². The fourth-order valence-electron chi connectivity index (χ4n) is 5.65. The average Bonchev–Trinajstić information content (AvgIpc) is 3.21. The van der Waals surface area contributed by atoms with Gasteiger partial charge in [-0.25, -0.2) is 0 Å². The molecule has 2 heterocycles. The molecule has 1 amide bonds. The molecule has 2 aliphatic heterocycles. The van der Waals surface area contributed by atoms with E-state index < -0.39 is 0 Å². The number of ether oxygens (including phenoxy) is 2. The number of rotatable bonds is 7. The highest BCUT2D eigenvalue weighted by molar-refractivity contribution is 6.37. The standard InChI is InChI=1S/C31H35N3O3/c1-20-14-21(2)18-34(17-20)19-22-10-12-24(13-11-22)32-30(23-8-6-5-7-9-23)29-25-15-27(36-3)28(37-4)16-26(25)33-31(29)35/h5-13,15-16,20-21,32H,14,17-19H2,1-4H3,(H,33,35)/b30-29-. The summed E-state index contributed by atoms with van der Waals surface area (Å²) >= 11 is 0. The molecule has 37 heavy (non-hydrogen) atoms. The molecule has 3 aromatic rings. The summed E-state index contributed by atoms with van der Waals surface area (Å²) in [5.41, 5.74) is 5.94. The van der Waals surface area contributed by atoms with Crippen LogP contribution in [0.4, 0.5) is 11.4 Å². The molecule has 2 N–H and O–H groups in total. The number of piperidine rings is 1. The van der Waals surface area contributed by atoms with E-state index >= 15 is 0 Å². The van der Waals surface area contributed by atoms with Gasteiger partial charge < -0.3 is 20.1 Å². The number of hydrogen-bond acceptors (Lipinski definition) is 5. The number of methoxy groups -OCH3 is 2. The normalized spacial score (nSPS) is 20.7. The maximum absolute atomic E-state index is 13.3. The zero-order chi connectivity index (χ0) is 25.9. The summed E-state index contributed by atoms with van der Waals surface area (Å²) in [4.78, 5) is 15.8. The van der Waals surface area contributed by atoms with E-state index in [9.17, 15) is 4.79 Å². The lowest BCUT2D eigenvalue weighted by molar-refractivity contribution is -0.110. The zero-order valence-electron chi connectivity index (χ0n) is 22.0. The van der Waals surface area contributed by atoms with Crippen molar-refractivity contribution in [1.29, 1.82) is 0 Å². The first-order valence-corrected chi connectivity index (χ1v) is 12.9. The van der Waals surface area contributed by atoms with Crippen LogP contribution in [0.1, 0.15) is 37.0 Å². The third-order valence-electron chi connectivity index (χ3n) is 7.15. The smallest absolute Gasteiger partial charge is 0.258 e. The molecule has 0 spiro atoms. The molecule has 2 atom stereocenters. The first-order valence-electron chi connectivity index (χ1n) is 12.9. The molecular weight excluding hydrogens is 462 g/mol. The van der Waals surface area contributed by atoms with Gasteiger partial charge in [-0.3, -0.25) is 9.69 Å². The number of anilines is 2. The Morgan fingerprint density at radius 3 is 2.24 bits per heavy atom. The molecule has 2 aliphatic rings. The van der Waals surface area contributed by atoms with Gasteiger partial charge >= 0.3 is 0 Å². The Morgan fingerprint density at radius 1 is 0.946 bits per heavy atom. The van der Waals surface area contributed by atoms with Crippen molar-refractivity contribution in [2.75, 3.05) is 37.9 Å². The van der Waals surface area contributed by atoms with Gasteiger partial charge in [-0.2, -0.15) is 0 Å². The van der Waals surface area contributed by atoms with E-state index in [1.807, 2.05) is 36.4 Å². The topological polar surface area (TPSA) is 62.8 Å². The van der Waals surface area contributed by atoms with Crippen LogP contribution >= 0.6 is 0 Å². The lowest BCUT2D eigenvalue weighted by Gasteiger charge is -2.35. The van der Waals surface area contributed by atoms with Crippen LogP contribution in [0.3, 0.4) is 0 Å². The van der Waals surface area contributed by atoms with Crippen LogP contribution in [-0.4, -0.2) is 38.1 Å². The van der Waals surface area contributed by atoms with Crippen molar-refractivity contribution < 1.29 is 14.3 Å². The van der Waals surface area contributed by atoms with E-state index in [-0.39, 0.29) is 5.91 Å². The number of amides is 1. The molecule has 0 bridgehead atoms. The Morgan fingerprint density at radius 2 is 1.59 bits per heavy atom. The van der Waals surface area contributed by atoms with E-state index in [4.69, 9.17) is 9.47 Å². The highest BCUT2D eigenvalue weighted by Crippen LogP contribution is 2.43. The Hall–Kier alpha value is -3.77. The van der Waals surface area contributed by atoms with Crippen LogP contribution in [-0.2, 0) is 11.3 Å². The van der Waals surface area contributed by atoms with Crippen LogP contribution in [0.5, 0.6) is 11.5 Å². The maximum Gasteiger partial charge on any atom is 0.258 e. The van der Waals surface area contributed by atoms with Crippen LogP contribution in [0.15, 0.2) is 66.7 Å². The third kappa shape index (κ3) is 5.35. The molecule has 3 aromatic carbocycles. The van der Waals surface area contributed by atoms with Crippen molar-refractivity contribution in [2.24, 2.45) is 11.8 Å². The number of carbonyl (C=O) groups is 1. The van der Waals surface area contributed by atoms with E-state index in [2.05, 4.69) is 53.6 Å². The molecule has 0 radical (unpaired) electrons. The molecule has 1 fully saturated rings. The van der Waals surface area contributed by atoms with Crippen molar-refractivity contribution in [3.05, 3.63) is 83.4 Å². The molecule has 0 aromatic heterocycles. The van der Waals surface area contributed by atoms with Crippen molar-refractivity contribution >= 4 is 28.6 Å². The van der Waals surface area contributed by atoms with E-state index in [1.54, 1.807) is 20.3 Å². The first-order chi connectivity index (χ1) is 17.9. The van der Waals surface area contributed by atoms with Gasteiger partial charge in [-0.05, 0) is 47.6 Å². The van der Waals surface area contributed by atoms with Gasteiger partial charge in [-0.1, -0.05) is 56.3 Å². The quantitative estimate of drug-likeness (QED) is 0.386. The average molecular weight is 498 g/mol. The van der Waals surface area contributed by atoms with Crippen molar-refractivity contribution in [3.63, 3.8) is 0 Å². The summed E-state index contributed by atoms with van der Waals surface area (Å²) in [5, 5.41) is 6.55. The van der Waals surface area contributed by atoms with E-state index in [0.29, 0.717) is 22.8 Å². The van der Waals surface area contributed by atoms with Crippen LogP contribution in [0.2, 0.25) is 0 Å². The van der Waals surface area contributed by atoms with Gasteiger partial charge in [0.15, 0.2) is 11.5 Å². The third-order valence-corrected chi connectivity index (χ3v) is 7.15. The van der Waals surface area contributed by atoms with Gasteiger partial charge in [0, 0.05) is 37.0 Å². The molecule has 6 nitrogen and oxygen atoms in total. The zero-order valence-corrected chi connectivity index (χ0v) is 22.0. The molecule has 0 aliphatic carbocycles. The maximum atomic E-state index is 13.3. The second-order valence-corrected chi connectivity index (χ2v) is 10.3. The summed E-state index contributed by atoms with van der Waals surface area (Å²) in [5.74, 6) is 2.47. The molecular formula is C31H35N3O3. The fraction of sp³-hybridized carbons (Fsp3) is 0.323. The summed E-state index contributed by atoms with van der Waals surface area (Å²) < 4.78 is 11.0. The van der Waals surface area contributed by atoms with Gasteiger partial charge in [0.25, 0.3) is 5.91 Å². The molecule has 0 saturated carbocycles. The van der Waals surface area contributed by atoms with Crippen LogP contribution in [0, 0.1) is 11.8 Å². The monoisotopic (exact) mass is 497 g/mol. The number of hydrogen-bond donors (Lipinski definition) is 2. The van der Waals surface area contributed by atoms with Crippen molar-refractivity contribution in [2.45, 2.75) is 26.8 Å². The Labute approximate surface area is 219 Å². The lowest BCUT2D eigenvalue weighted by Crippen LogP contribution is -2.38. The van der Waals surface area contributed by atoms with E-state index in [0.717, 1.165) is 54.0 Å². The minimum atomic E-state index is -0.165. The number of fused-ring (bicyclic) bond motifs is 1. The predicted molar refractivity (Wildman–Crippen MR) is 150 cm³/mol. The summed E-state index contributed by atoms with van der Waals surface area (Å²) in [7, 11) is 3.19. The van der Waals surface area contributed by atoms with Gasteiger partial charge in [0.1, 0.15) is 0 Å². The number of nitrogens with zero attached hydrogens (tertiary/aromatic N) is 1. The number of carbonyl (C=O) groups excluding carboxylic acids is 1. The molecule has 5 rings (SSSR count). The van der Waals surface area contributed by atoms with Crippen LogP contribution < -0.4 is 20.1 Å². The Bertz CT molecular complexity index is 1290. The fourth-order valence-corrected chi connectivity index (χ4v) is 5.65. The molecule has 6 heteroatoms. The molecule has 2 unspecified atom stereocenters. The predicted octanol–water partition coefficient (Wildman–Crippen LogP) is 6.11. The van der Waals surface area contributed by atoms with Gasteiger partial charge in [0.05, 0.1) is 31.2 Å². The van der Waals surface area contributed by atoms with Crippen molar-refractivity contribution in [3.8, 4) is 11.5 Å². The largest absolute Gasteiger partial charge is 0.493 e. The lowest BCUT2D eigenvalue weighted by atomic mass is 9.91.